The molecule has 1 amide bonds. The molecule has 0 aromatic rings. The number of nitrogens with two attached hydrogens (primary N) is 1. The Bertz CT molecular complexity index is 246. The fourth-order valence-electron chi connectivity index (χ4n) is 1.24. The zero-order valence-corrected chi connectivity index (χ0v) is 7.95. The third kappa shape index (κ3) is 2.02. The number of rotatable bonds is 3. The Hall–Kier alpha value is -1.14. The number of hydrogen-bond acceptors (Lipinski definition) is 4. The van der Waals surface area contributed by atoms with E-state index < -0.39 is 23.5 Å². The first-order chi connectivity index (χ1) is 6.48. The number of carbonyl (C=O) groups is 2. The summed E-state index contributed by atoms with van der Waals surface area (Å²) in [6, 6.07) is -0.716. The molecule has 2 unspecified atom stereocenters. The highest BCUT2D eigenvalue weighted by Crippen LogP contribution is 2.18. The van der Waals surface area contributed by atoms with Crippen molar-refractivity contribution >= 4 is 11.9 Å². The summed E-state index contributed by atoms with van der Waals surface area (Å²) < 4.78 is 4.97. The molecule has 0 aromatic heterocycles. The van der Waals surface area contributed by atoms with Crippen LogP contribution < -0.4 is 11.1 Å². The van der Waals surface area contributed by atoms with E-state index in [9.17, 15) is 9.59 Å². The van der Waals surface area contributed by atoms with Crippen molar-refractivity contribution in [2.24, 2.45) is 5.73 Å². The molecule has 1 saturated heterocycles. The molecule has 1 fully saturated rings. The van der Waals surface area contributed by atoms with Crippen LogP contribution in [-0.2, 0) is 14.3 Å². The van der Waals surface area contributed by atoms with Crippen LogP contribution in [0.2, 0.25) is 0 Å². The fraction of sp³-hybridized carbons (Fsp3) is 0.750. The minimum Gasteiger partial charge on any atom is -0.479 e. The molecule has 2 atom stereocenters. The molecule has 1 rings (SSSR count). The van der Waals surface area contributed by atoms with E-state index in [1.165, 1.54) is 6.92 Å². The molecular weight excluding hydrogens is 188 g/mol. The average Bonchev–Trinajstić information content (AvgIpc) is 2.53. The van der Waals surface area contributed by atoms with Gasteiger partial charge in [-0.2, -0.15) is 0 Å². The van der Waals surface area contributed by atoms with Crippen molar-refractivity contribution in [1.29, 1.82) is 0 Å². The lowest BCUT2D eigenvalue weighted by atomic mass is 9.98. The first-order valence-corrected chi connectivity index (χ1v) is 4.37. The van der Waals surface area contributed by atoms with E-state index in [4.69, 9.17) is 15.6 Å². The number of nitrogens with one attached hydrogen (secondary N) is 1. The van der Waals surface area contributed by atoms with Crippen molar-refractivity contribution in [3.63, 3.8) is 0 Å². The van der Waals surface area contributed by atoms with Crippen molar-refractivity contribution < 1.29 is 19.4 Å². The van der Waals surface area contributed by atoms with E-state index in [0.717, 1.165) is 0 Å². The second kappa shape index (κ2) is 3.93. The van der Waals surface area contributed by atoms with Crippen LogP contribution in [0.25, 0.3) is 0 Å². The molecule has 6 heteroatoms. The van der Waals surface area contributed by atoms with Gasteiger partial charge in [0.25, 0.3) is 0 Å². The number of carbonyl (C=O) groups excluding carboxylic acids is 1. The summed E-state index contributed by atoms with van der Waals surface area (Å²) in [5.41, 5.74) is 4.04. The van der Waals surface area contributed by atoms with Crippen LogP contribution in [0.5, 0.6) is 0 Å². The number of carboxylic acids is 1. The second-order valence-electron chi connectivity index (χ2n) is 3.47. The molecule has 80 valence electrons. The minimum absolute atomic E-state index is 0.000787. The third-order valence-corrected chi connectivity index (χ3v) is 2.21. The van der Waals surface area contributed by atoms with Crippen LogP contribution in [0.4, 0.5) is 0 Å². The lowest BCUT2D eigenvalue weighted by Crippen LogP contribution is -2.58. The van der Waals surface area contributed by atoms with Gasteiger partial charge in [-0.15, -0.1) is 0 Å². The lowest BCUT2D eigenvalue weighted by Gasteiger charge is -2.24. The van der Waals surface area contributed by atoms with Gasteiger partial charge in [0, 0.05) is 13.0 Å². The molecule has 4 N–H and O–H groups in total. The summed E-state index contributed by atoms with van der Waals surface area (Å²) in [6.07, 6.45) is 0.279. The summed E-state index contributed by atoms with van der Waals surface area (Å²) in [4.78, 5) is 22.2. The largest absolute Gasteiger partial charge is 0.479 e. The Labute approximate surface area is 81.4 Å². The highest BCUT2D eigenvalue weighted by atomic mass is 16.5. The number of aliphatic carboxylic acids is 1. The monoisotopic (exact) mass is 202 g/mol. The van der Waals surface area contributed by atoms with E-state index in [1.54, 1.807) is 0 Å². The van der Waals surface area contributed by atoms with Crippen molar-refractivity contribution in [3.05, 3.63) is 0 Å². The molecule has 0 spiro atoms. The highest BCUT2D eigenvalue weighted by Gasteiger charge is 2.44. The van der Waals surface area contributed by atoms with Crippen molar-refractivity contribution in [1.82, 2.24) is 5.32 Å². The Morgan fingerprint density at radius 1 is 1.64 bits per heavy atom. The number of carboxylic acid groups (broad SMARTS) is 1. The molecule has 14 heavy (non-hydrogen) atoms. The molecule has 0 aromatic carbocycles. The molecule has 6 nitrogen and oxygen atoms in total. The van der Waals surface area contributed by atoms with Gasteiger partial charge in [-0.1, -0.05) is 0 Å². The summed E-state index contributed by atoms with van der Waals surface area (Å²) in [5.74, 6) is -1.55. The van der Waals surface area contributed by atoms with E-state index in [-0.39, 0.29) is 13.0 Å². The number of ether oxygens (including phenoxy) is 1. The van der Waals surface area contributed by atoms with E-state index in [2.05, 4.69) is 5.32 Å². The van der Waals surface area contributed by atoms with Crippen LogP contribution in [0.3, 0.4) is 0 Å². The van der Waals surface area contributed by atoms with Gasteiger partial charge >= 0.3 is 5.97 Å². The van der Waals surface area contributed by atoms with Crippen molar-refractivity contribution in [2.75, 3.05) is 13.2 Å². The van der Waals surface area contributed by atoms with Crippen LogP contribution in [-0.4, -0.2) is 41.8 Å². The maximum Gasteiger partial charge on any atom is 0.331 e. The van der Waals surface area contributed by atoms with Crippen molar-refractivity contribution in [2.45, 2.75) is 24.9 Å². The normalized spacial score (nSPS) is 28.4. The zero-order chi connectivity index (χ0) is 10.8. The van der Waals surface area contributed by atoms with E-state index in [1.807, 2.05) is 0 Å². The van der Waals surface area contributed by atoms with Gasteiger partial charge in [-0.25, -0.2) is 4.79 Å². The van der Waals surface area contributed by atoms with Crippen LogP contribution >= 0.6 is 0 Å². The van der Waals surface area contributed by atoms with Gasteiger partial charge in [0.1, 0.15) is 0 Å². The third-order valence-electron chi connectivity index (χ3n) is 2.21. The first kappa shape index (κ1) is 10.9. The van der Waals surface area contributed by atoms with Gasteiger partial charge in [0.05, 0.1) is 12.6 Å². The van der Waals surface area contributed by atoms with Gasteiger partial charge < -0.3 is 20.9 Å². The predicted molar refractivity (Wildman–Crippen MR) is 47.6 cm³/mol. The molecule has 0 saturated carbocycles. The quantitative estimate of drug-likeness (QED) is 0.527. The molecule has 0 aliphatic carbocycles. The maximum absolute atomic E-state index is 11.3. The second-order valence-corrected chi connectivity index (χ2v) is 3.47. The Balaban J connectivity index is 2.70. The lowest BCUT2D eigenvalue weighted by molar-refractivity contribution is -0.147. The highest BCUT2D eigenvalue weighted by molar-refractivity contribution is 5.89. The van der Waals surface area contributed by atoms with Crippen LogP contribution in [0, 0.1) is 0 Å². The Morgan fingerprint density at radius 3 is 2.64 bits per heavy atom. The molecule has 0 bridgehead atoms. The first-order valence-electron chi connectivity index (χ1n) is 4.37. The Kier molecular flexibility index (Phi) is 3.07. The summed E-state index contributed by atoms with van der Waals surface area (Å²) >= 11 is 0. The van der Waals surface area contributed by atoms with Gasteiger partial charge in [0.15, 0.2) is 5.54 Å². The molecule has 1 aliphatic rings. The van der Waals surface area contributed by atoms with Gasteiger partial charge in [0.2, 0.25) is 5.91 Å². The SMILES string of the molecule is CC(N)C(=O)NC1(C(=O)O)CCOC1. The van der Waals surface area contributed by atoms with Crippen molar-refractivity contribution in [3.8, 4) is 0 Å². The van der Waals surface area contributed by atoms with Crippen LogP contribution in [0.1, 0.15) is 13.3 Å². The minimum atomic E-state index is -1.29. The average molecular weight is 202 g/mol. The molecular formula is C8H14N2O4. The summed E-state index contributed by atoms with van der Waals surface area (Å²) in [7, 11) is 0. The molecule has 0 radical (unpaired) electrons. The predicted octanol–water partition coefficient (Wildman–Crippen LogP) is -1.31. The van der Waals surface area contributed by atoms with Gasteiger partial charge in [-0.05, 0) is 6.92 Å². The topological polar surface area (TPSA) is 102 Å². The van der Waals surface area contributed by atoms with Gasteiger partial charge in [-0.3, -0.25) is 4.79 Å². The smallest absolute Gasteiger partial charge is 0.331 e. The Morgan fingerprint density at radius 2 is 2.29 bits per heavy atom. The molecule has 1 heterocycles. The standard InChI is InChI=1S/C8H14N2O4/c1-5(9)6(11)10-8(7(12)13)2-3-14-4-8/h5H,2-4,9H2,1H3,(H,10,11)(H,12,13). The zero-order valence-electron chi connectivity index (χ0n) is 7.95. The van der Waals surface area contributed by atoms with E-state index >= 15 is 0 Å². The van der Waals surface area contributed by atoms with Crippen LogP contribution in [0.15, 0.2) is 0 Å². The number of hydrogen-bond donors (Lipinski definition) is 3. The van der Waals surface area contributed by atoms with E-state index in [0.29, 0.717) is 6.61 Å². The maximum atomic E-state index is 11.3. The fourth-order valence-corrected chi connectivity index (χ4v) is 1.24. The summed E-state index contributed by atoms with van der Waals surface area (Å²) in [5, 5.41) is 11.4. The number of amides is 1. The molecule has 1 aliphatic heterocycles. The summed E-state index contributed by atoms with van der Waals surface area (Å²) in [6.45, 7) is 1.84.